The number of likely N-dealkylation sites (tertiary alicyclic amines) is 1. The lowest BCUT2D eigenvalue weighted by molar-refractivity contribution is 0.0611. The molecule has 0 bridgehead atoms. The van der Waals surface area contributed by atoms with Crippen LogP contribution in [-0.4, -0.2) is 29.6 Å². The SMILES string of the molecule is C[C@@](C#N)(Cc1ccccc1)N1CC(N)C1. The van der Waals surface area contributed by atoms with E-state index in [1.807, 2.05) is 25.1 Å². The summed E-state index contributed by atoms with van der Waals surface area (Å²) in [6, 6.07) is 12.8. The fourth-order valence-corrected chi connectivity index (χ4v) is 2.13. The summed E-state index contributed by atoms with van der Waals surface area (Å²) in [4.78, 5) is 2.16. The van der Waals surface area contributed by atoms with Gasteiger partial charge in [0.1, 0.15) is 5.54 Å². The Bertz CT molecular complexity index is 389. The number of rotatable bonds is 3. The average molecular weight is 215 g/mol. The molecule has 1 aromatic carbocycles. The highest BCUT2D eigenvalue weighted by molar-refractivity contribution is 5.22. The van der Waals surface area contributed by atoms with Gasteiger partial charge in [0, 0.05) is 25.6 Å². The highest BCUT2D eigenvalue weighted by Crippen LogP contribution is 2.24. The van der Waals surface area contributed by atoms with Gasteiger partial charge in [0.05, 0.1) is 6.07 Å². The molecule has 1 fully saturated rings. The van der Waals surface area contributed by atoms with Crippen LogP contribution in [0.25, 0.3) is 0 Å². The maximum atomic E-state index is 9.34. The summed E-state index contributed by atoms with van der Waals surface area (Å²) in [5.41, 5.74) is 6.54. The third kappa shape index (κ3) is 2.08. The Balaban J connectivity index is 2.09. The zero-order valence-corrected chi connectivity index (χ0v) is 9.56. The molecule has 16 heavy (non-hydrogen) atoms. The zero-order chi connectivity index (χ0) is 11.6. The predicted molar refractivity (Wildman–Crippen MR) is 63.7 cm³/mol. The Morgan fingerprint density at radius 3 is 2.56 bits per heavy atom. The van der Waals surface area contributed by atoms with Crippen molar-refractivity contribution >= 4 is 0 Å². The van der Waals surface area contributed by atoms with Gasteiger partial charge >= 0.3 is 0 Å². The molecule has 0 radical (unpaired) electrons. The van der Waals surface area contributed by atoms with Crippen molar-refractivity contribution in [2.75, 3.05) is 13.1 Å². The number of hydrogen-bond donors (Lipinski definition) is 1. The minimum Gasteiger partial charge on any atom is -0.325 e. The lowest BCUT2D eigenvalue weighted by Gasteiger charge is -2.46. The van der Waals surface area contributed by atoms with E-state index in [0.717, 1.165) is 19.5 Å². The van der Waals surface area contributed by atoms with Crippen molar-refractivity contribution in [1.29, 1.82) is 5.26 Å². The molecular weight excluding hydrogens is 198 g/mol. The Labute approximate surface area is 96.5 Å². The van der Waals surface area contributed by atoms with Crippen LogP contribution in [0.4, 0.5) is 0 Å². The number of nitrogens with zero attached hydrogens (tertiary/aromatic N) is 2. The van der Waals surface area contributed by atoms with Gasteiger partial charge in [-0.15, -0.1) is 0 Å². The summed E-state index contributed by atoms with van der Waals surface area (Å²) in [7, 11) is 0. The molecule has 0 aromatic heterocycles. The molecule has 0 spiro atoms. The molecule has 2 N–H and O–H groups in total. The van der Waals surface area contributed by atoms with Crippen LogP contribution < -0.4 is 5.73 Å². The van der Waals surface area contributed by atoms with Gasteiger partial charge < -0.3 is 5.73 Å². The van der Waals surface area contributed by atoms with E-state index in [4.69, 9.17) is 5.73 Å². The van der Waals surface area contributed by atoms with E-state index in [-0.39, 0.29) is 6.04 Å². The van der Waals surface area contributed by atoms with Crippen molar-refractivity contribution < 1.29 is 0 Å². The molecule has 1 atom stereocenters. The molecule has 0 aliphatic carbocycles. The molecule has 1 heterocycles. The van der Waals surface area contributed by atoms with Gasteiger partial charge in [-0.2, -0.15) is 5.26 Å². The molecule has 1 aliphatic rings. The molecule has 3 heteroatoms. The van der Waals surface area contributed by atoms with Gasteiger partial charge in [0.2, 0.25) is 0 Å². The molecule has 1 saturated heterocycles. The van der Waals surface area contributed by atoms with Crippen LogP contribution in [-0.2, 0) is 6.42 Å². The first-order valence-corrected chi connectivity index (χ1v) is 5.60. The van der Waals surface area contributed by atoms with Crippen LogP contribution in [0.15, 0.2) is 30.3 Å². The summed E-state index contributed by atoms with van der Waals surface area (Å²) in [6.07, 6.45) is 0.761. The van der Waals surface area contributed by atoms with Crippen LogP contribution in [0.5, 0.6) is 0 Å². The molecule has 2 rings (SSSR count). The van der Waals surface area contributed by atoms with E-state index in [9.17, 15) is 5.26 Å². The largest absolute Gasteiger partial charge is 0.325 e. The monoisotopic (exact) mass is 215 g/mol. The summed E-state index contributed by atoms with van der Waals surface area (Å²) >= 11 is 0. The summed E-state index contributed by atoms with van der Waals surface area (Å²) in [5.74, 6) is 0. The van der Waals surface area contributed by atoms with E-state index in [1.165, 1.54) is 5.56 Å². The molecule has 1 aliphatic heterocycles. The second kappa shape index (κ2) is 4.25. The smallest absolute Gasteiger partial charge is 0.110 e. The molecule has 84 valence electrons. The van der Waals surface area contributed by atoms with E-state index in [0.29, 0.717) is 0 Å². The minimum absolute atomic E-state index is 0.239. The number of hydrogen-bond acceptors (Lipinski definition) is 3. The fourth-order valence-electron chi connectivity index (χ4n) is 2.13. The van der Waals surface area contributed by atoms with Crippen LogP contribution in [0.1, 0.15) is 12.5 Å². The van der Waals surface area contributed by atoms with Crippen molar-refractivity contribution in [1.82, 2.24) is 4.90 Å². The quantitative estimate of drug-likeness (QED) is 0.823. The Kier molecular flexibility index (Phi) is 2.95. The maximum Gasteiger partial charge on any atom is 0.110 e. The minimum atomic E-state index is -0.419. The number of benzene rings is 1. The zero-order valence-electron chi connectivity index (χ0n) is 9.56. The van der Waals surface area contributed by atoms with Gasteiger partial charge in [-0.1, -0.05) is 30.3 Å². The summed E-state index contributed by atoms with van der Waals surface area (Å²) in [5, 5.41) is 9.34. The standard InChI is InChI=1S/C13H17N3/c1-13(10-14,16-8-12(15)9-16)7-11-5-3-2-4-6-11/h2-6,12H,7-9,15H2,1H3/t13-/m0/s1. The molecule has 0 unspecified atom stereocenters. The first kappa shape index (κ1) is 11.1. The maximum absolute atomic E-state index is 9.34. The van der Waals surface area contributed by atoms with Crippen molar-refractivity contribution in [2.45, 2.75) is 24.9 Å². The Morgan fingerprint density at radius 2 is 2.06 bits per heavy atom. The molecule has 0 amide bonds. The summed E-state index contributed by atoms with van der Waals surface area (Å²) in [6.45, 7) is 3.65. The first-order valence-electron chi connectivity index (χ1n) is 5.60. The van der Waals surface area contributed by atoms with E-state index >= 15 is 0 Å². The third-order valence-electron chi connectivity index (χ3n) is 3.24. The van der Waals surface area contributed by atoms with Crippen molar-refractivity contribution in [2.24, 2.45) is 5.73 Å². The highest BCUT2D eigenvalue weighted by atomic mass is 15.3. The Morgan fingerprint density at radius 1 is 1.44 bits per heavy atom. The average Bonchev–Trinajstić information content (AvgIpc) is 2.26. The van der Waals surface area contributed by atoms with Crippen molar-refractivity contribution in [3.05, 3.63) is 35.9 Å². The molecule has 0 saturated carbocycles. The topological polar surface area (TPSA) is 53.0 Å². The van der Waals surface area contributed by atoms with Crippen LogP contribution in [0.2, 0.25) is 0 Å². The van der Waals surface area contributed by atoms with E-state index < -0.39 is 5.54 Å². The van der Waals surface area contributed by atoms with Crippen LogP contribution >= 0.6 is 0 Å². The van der Waals surface area contributed by atoms with Gasteiger partial charge in [-0.05, 0) is 12.5 Å². The highest BCUT2D eigenvalue weighted by Gasteiger charge is 2.39. The van der Waals surface area contributed by atoms with Gasteiger partial charge in [-0.25, -0.2) is 0 Å². The molecule has 1 aromatic rings. The molecular formula is C13H17N3. The fraction of sp³-hybridized carbons (Fsp3) is 0.462. The number of nitrogens with two attached hydrogens (primary N) is 1. The number of nitriles is 1. The van der Waals surface area contributed by atoms with Gasteiger partial charge in [0.15, 0.2) is 0 Å². The first-order chi connectivity index (χ1) is 7.64. The normalized spacial score (nSPS) is 20.8. The van der Waals surface area contributed by atoms with Gasteiger partial charge in [0.25, 0.3) is 0 Å². The van der Waals surface area contributed by atoms with E-state index in [2.05, 4.69) is 23.1 Å². The predicted octanol–water partition coefficient (Wildman–Crippen LogP) is 1.15. The van der Waals surface area contributed by atoms with E-state index in [1.54, 1.807) is 0 Å². The molecule has 3 nitrogen and oxygen atoms in total. The van der Waals surface area contributed by atoms with Crippen LogP contribution in [0.3, 0.4) is 0 Å². The van der Waals surface area contributed by atoms with Gasteiger partial charge in [-0.3, -0.25) is 4.90 Å². The summed E-state index contributed by atoms with van der Waals surface area (Å²) < 4.78 is 0. The van der Waals surface area contributed by atoms with Crippen molar-refractivity contribution in [3.63, 3.8) is 0 Å². The van der Waals surface area contributed by atoms with Crippen molar-refractivity contribution in [3.8, 4) is 6.07 Å². The Hall–Kier alpha value is -1.37. The third-order valence-corrected chi connectivity index (χ3v) is 3.24. The van der Waals surface area contributed by atoms with Crippen LogP contribution in [0, 0.1) is 11.3 Å². The lowest BCUT2D eigenvalue weighted by atomic mass is 9.88. The second-order valence-corrected chi connectivity index (χ2v) is 4.71. The lowest BCUT2D eigenvalue weighted by Crippen LogP contribution is -2.64. The second-order valence-electron chi connectivity index (χ2n) is 4.71.